The Hall–Kier alpha value is -6.65. The summed E-state index contributed by atoms with van der Waals surface area (Å²) in [5, 5.41) is 4.48. The molecule has 0 spiro atoms. The Morgan fingerprint density at radius 1 is 0.451 bits per heavy atom. The molecule has 4 nitrogen and oxygen atoms in total. The molecular formula is C47H31N3O. The van der Waals surface area contributed by atoms with Crippen molar-refractivity contribution in [3.63, 3.8) is 0 Å². The highest BCUT2D eigenvalue weighted by atomic mass is 16.3. The lowest BCUT2D eigenvalue weighted by Gasteiger charge is -2.12. The average Bonchev–Trinajstić information content (AvgIpc) is 3.59. The third kappa shape index (κ3) is 5.20. The molecule has 0 aliphatic heterocycles. The second-order valence-corrected chi connectivity index (χ2v) is 13.1. The number of aromatic nitrogens is 3. The van der Waals surface area contributed by atoms with Crippen LogP contribution in [0.25, 0.3) is 95.2 Å². The van der Waals surface area contributed by atoms with Gasteiger partial charge in [-0.3, -0.25) is 0 Å². The van der Waals surface area contributed by atoms with E-state index in [4.69, 9.17) is 19.4 Å². The molecule has 2 aromatic heterocycles. The minimum Gasteiger partial charge on any atom is -0.456 e. The van der Waals surface area contributed by atoms with Crippen LogP contribution >= 0.6 is 0 Å². The van der Waals surface area contributed by atoms with Crippen molar-refractivity contribution >= 4 is 38.8 Å². The smallest absolute Gasteiger partial charge is 0.164 e. The van der Waals surface area contributed by atoms with E-state index in [0.29, 0.717) is 17.5 Å². The lowest BCUT2D eigenvalue weighted by atomic mass is 9.93. The zero-order valence-corrected chi connectivity index (χ0v) is 27.8. The Balaban J connectivity index is 1.09. The summed E-state index contributed by atoms with van der Waals surface area (Å²) >= 11 is 0. The van der Waals surface area contributed by atoms with Crippen LogP contribution in [0.2, 0.25) is 0 Å². The maximum Gasteiger partial charge on any atom is 0.164 e. The molecule has 1 aliphatic carbocycles. The van der Waals surface area contributed by atoms with Crippen molar-refractivity contribution in [3.8, 4) is 56.4 Å². The molecular weight excluding hydrogens is 623 g/mol. The molecule has 10 rings (SSSR count). The van der Waals surface area contributed by atoms with E-state index in [9.17, 15) is 0 Å². The normalized spacial score (nSPS) is 12.5. The van der Waals surface area contributed by atoms with Crippen LogP contribution in [0.3, 0.4) is 0 Å². The number of rotatable bonds is 5. The van der Waals surface area contributed by atoms with E-state index >= 15 is 0 Å². The van der Waals surface area contributed by atoms with Gasteiger partial charge in [-0.2, -0.15) is 0 Å². The number of hydrogen-bond acceptors (Lipinski definition) is 4. The number of nitrogens with zero attached hydrogens (tertiary/aromatic N) is 3. The van der Waals surface area contributed by atoms with Crippen molar-refractivity contribution in [1.82, 2.24) is 15.0 Å². The first-order valence-electron chi connectivity index (χ1n) is 17.4. The van der Waals surface area contributed by atoms with Crippen molar-refractivity contribution in [1.29, 1.82) is 0 Å². The van der Waals surface area contributed by atoms with Gasteiger partial charge in [0.2, 0.25) is 0 Å². The van der Waals surface area contributed by atoms with Crippen molar-refractivity contribution in [2.75, 3.05) is 0 Å². The SMILES string of the molecule is C1=Cc2cc(-c3ccc4c(c3)oc3cccc(-c5nc(-c6ccccc6)nc(-c6ccc(-c7cccc8ccccc78)cc6)n5)c34)ccc2CC1. The Labute approximate surface area is 295 Å². The highest BCUT2D eigenvalue weighted by Crippen LogP contribution is 2.39. The molecule has 240 valence electrons. The Morgan fingerprint density at radius 3 is 2.00 bits per heavy atom. The quantitative estimate of drug-likeness (QED) is 0.185. The van der Waals surface area contributed by atoms with E-state index in [2.05, 4.69) is 121 Å². The molecule has 2 heterocycles. The van der Waals surface area contributed by atoms with Crippen molar-refractivity contribution in [2.24, 2.45) is 0 Å². The highest BCUT2D eigenvalue weighted by Gasteiger charge is 2.19. The van der Waals surface area contributed by atoms with E-state index < -0.39 is 0 Å². The van der Waals surface area contributed by atoms with Crippen LogP contribution < -0.4 is 0 Å². The van der Waals surface area contributed by atoms with Gasteiger partial charge in [-0.1, -0.05) is 140 Å². The molecule has 9 aromatic rings. The van der Waals surface area contributed by atoms with Gasteiger partial charge < -0.3 is 4.42 Å². The summed E-state index contributed by atoms with van der Waals surface area (Å²) in [6.45, 7) is 0. The van der Waals surface area contributed by atoms with Crippen LogP contribution in [0.4, 0.5) is 0 Å². The van der Waals surface area contributed by atoms with Gasteiger partial charge in [0.05, 0.1) is 0 Å². The van der Waals surface area contributed by atoms with Crippen molar-refractivity contribution in [3.05, 3.63) is 169 Å². The van der Waals surface area contributed by atoms with Crippen LogP contribution in [0.15, 0.2) is 162 Å². The average molecular weight is 654 g/mol. The number of benzene rings is 7. The Morgan fingerprint density at radius 2 is 1.12 bits per heavy atom. The zero-order valence-electron chi connectivity index (χ0n) is 27.8. The zero-order chi connectivity index (χ0) is 33.7. The van der Waals surface area contributed by atoms with Crippen molar-refractivity contribution < 1.29 is 4.42 Å². The van der Waals surface area contributed by atoms with Crippen LogP contribution in [0.1, 0.15) is 17.5 Å². The molecule has 0 N–H and O–H groups in total. The van der Waals surface area contributed by atoms with Gasteiger partial charge >= 0.3 is 0 Å². The molecule has 0 radical (unpaired) electrons. The largest absolute Gasteiger partial charge is 0.456 e. The summed E-state index contributed by atoms with van der Waals surface area (Å²) in [4.78, 5) is 15.2. The topological polar surface area (TPSA) is 51.8 Å². The molecule has 0 bridgehead atoms. The fourth-order valence-electron chi connectivity index (χ4n) is 7.42. The molecule has 4 heteroatoms. The molecule has 0 amide bonds. The summed E-state index contributed by atoms with van der Waals surface area (Å²) in [5.41, 5.74) is 11.8. The van der Waals surface area contributed by atoms with Crippen LogP contribution in [-0.4, -0.2) is 15.0 Å². The first-order chi connectivity index (χ1) is 25.2. The van der Waals surface area contributed by atoms with E-state index in [1.807, 2.05) is 42.5 Å². The molecule has 0 fully saturated rings. The van der Waals surface area contributed by atoms with E-state index in [1.165, 1.54) is 33.0 Å². The second kappa shape index (κ2) is 12.0. The Bertz CT molecular complexity index is 2790. The fraction of sp³-hybridized carbons (Fsp3) is 0.0426. The summed E-state index contributed by atoms with van der Waals surface area (Å²) in [7, 11) is 0. The van der Waals surface area contributed by atoms with Gasteiger partial charge in [0.25, 0.3) is 0 Å². The molecule has 0 unspecified atom stereocenters. The summed E-state index contributed by atoms with van der Waals surface area (Å²) in [5.74, 6) is 1.86. The van der Waals surface area contributed by atoms with Gasteiger partial charge in [0, 0.05) is 27.5 Å². The number of allylic oxidation sites excluding steroid dienone is 1. The van der Waals surface area contributed by atoms with Crippen LogP contribution in [-0.2, 0) is 6.42 Å². The molecule has 1 aliphatic rings. The summed E-state index contributed by atoms with van der Waals surface area (Å²) in [6.07, 6.45) is 6.69. The molecule has 0 atom stereocenters. The van der Waals surface area contributed by atoms with Gasteiger partial charge in [-0.25, -0.2) is 15.0 Å². The highest BCUT2D eigenvalue weighted by molar-refractivity contribution is 6.12. The van der Waals surface area contributed by atoms with Gasteiger partial charge in [-0.15, -0.1) is 0 Å². The maximum absolute atomic E-state index is 6.52. The first-order valence-corrected chi connectivity index (χ1v) is 17.4. The predicted octanol–water partition coefficient (Wildman–Crippen LogP) is 12.2. The number of aryl methyl sites for hydroxylation is 1. The van der Waals surface area contributed by atoms with Crippen LogP contribution in [0.5, 0.6) is 0 Å². The lowest BCUT2D eigenvalue weighted by molar-refractivity contribution is 0.669. The number of hydrogen-bond donors (Lipinski definition) is 0. The van der Waals surface area contributed by atoms with Gasteiger partial charge in [0.15, 0.2) is 17.5 Å². The Kier molecular flexibility index (Phi) is 6.91. The number of furan rings is 1. The maximum atomic E-state index is 6.52. The van der Waals surface area contributed by atoms with Crippen LogP contribution in [0, 0.1) is 0 Å². The monoisotopic (exact) mass is 653 g/mol. The van der Waals surface area contributed by atoms with E-state index in [-0.39, 0.29) is 0 Å². The second-order valence-electron chi connectivity index (χ2n) is 13.1. The molecule has 0 saturated heterocycles. The third-order valence-electron chi connectivity index (χ3n) is 10.0. The first kappa shape index (κ1) is 29.3. The minimum atomic E-state index is 0.607. The molecule has 51 heavy (non-hydrogen) atoms. The summed E-state index contributed by atoms with van der Waals surface area (Å²) < 4.78 is 6.52. The predicted molar refractivity (Wildman–Crippen MR) is 209 cm³/mol. The molecule has 0 saturated carbocycles. The fourth-order valence-corrected chi connectivity index (χ4v) is 7.42. The van der Waals surface area contributed by atoms with Gasteiger partial charge in [-0.05, 0) is 81.3 Å². The standard InChI is InChI=1S/C47H31N3O/c1-2-12-33(13-3-1)45-48-46(34-23-21-32(22-24-34)39-17-8-15-31-11-6-7-16-38(31)39)50-47(49-45)41-18-9-19-42-44(41)40-27-26-37(29-43(40)51-42)36-25-20-30-10-4-5-14-35(30)28-36/h1-3,5-9,11-29H,4,10H2. The summed E-state index contributed by atoms with van der Waals surface area (Å²) in [6, 6.07) is 53.0. The van der Waals surface area contributed by atoms with E-state index in [0.717, 1.165) is 62.6 Å². The number of fused-ring (bicyclic) bond motifs is 5. The van der Waals surface area contributed by atoms with Crippen molar-refractivity contribution in [2.45, 2.75) is 12.8 Å². The van der Waals surface area contributed by atoms with E-state index in [1.54, 1.807) is 0 Å². The van der Waals surface area contributed by atoms with Gasteiger partial charge in [0.1, 0.15) is 11.2 Å². The lowest BCUT2D eigenvalue weighted by Crippen LogP contribution is -2.00. The minimum absolute atomic E-state index is 0.607. The third-order valence-corrected chi connectivity index (χ3v) is 10.0. The molecule has 7 aromatic carbocycles.